The van der Waals surface area contributed by atoms with Crippen molar-refractivity contribution in [1.82, 2.24) is 0 Å². The van der Waals surface area contributed by atoms with Crippen LogP contribution in [-0.2, 0) is 19.1 Å². The second-order valence-corrected chi connectivity index (χ2v) is 14.1. The highest BCUT2D eigenvalue weighted by Gasteiger charge is 2.83. The summed E-state index contributed by atoms with van der Waals surface area (Å²) in [5, 5.41) is 37.5. The first-order valence-electron chi connectivity index (χ1n) is 14.4. The second-order valence-electron chi connectivity index (χ2n) is 14.1. The molecule has 7 fully saturated rings. The Morgan fingerprint density at radius 1 is 0.868 bits per heavy atom. The molecule has 7 aliphatic rings. The molecule has 0 aromatic heterocycles. The van der Waals surface area contributed by atoms with Gasteiger partial charge in [0.25, 0.3) is 0 Å². The molecule has 2 heterocycles. The summed E-state index contributed by atoms with van der Waals surface area (Å²) in [4.78, 5) is 25.7. The summed E-state index contributed by atoms with van der Waals surface area (Å²) < 4.78 is 12.0. The van der Waals surface area contributed by atoms with Gasteiger partial charge >= 0.3 is 11.9 Å². The van der Waals surface area contributed by atoms with Crippen LogP contribution in [0.1, 0.15) is 65.2 Å². The second kappa shape index (κ2) is 7.41. The summed E-state index contributed by atoms with van der Waals surface area (Å²) in [6, 6.07) is 0. The van der Waals surface area contributed by atoms with Crippen LogP contribution in [0.15, 0.2) is 36.5 Å². The van der Waals surface area contributed by atoms with E-state index >= 15 is 0 Å². The Bertz CT molecular complexity index is 1190. The van der Waals surface area contributed by atoms with E-state index in [9.17, 15) is 24.9 Å². The molecule has 0 radical (unpaired) electrons. The first kappa shape index (κ1) is 25.0. The van der Waals surface area contributed by atoms with E-state index in [1.54, 1.807) is 0 Å². The summed E-state index contributed by atoms with van der Waals surface area (Å²) in [5.41, 5.74) is -2.59. The van der Waals surface area contributed by atoms with E-state index in [-0.39, 0.29) is 48.4 Å². The van der Waals surface area contributed by atoms with Gasteiger partial charge < -0.3 is 24.8 Å². The molecule has 5 aliphatic carbocycles. The number of hydrogen-bond donors (Lipinski definition) is 3. The van der Waals surface area contributed by atoms with Crippen molar-refractivity contribution in [2.24, 2.45) is 46.3 Å². The third-order valence-electron chi connectivity index (χ3n) is 12.8. The monoisotopic (exact) mass is 524 g/mol. The Morgan fingerprint density at radius 2 is 1.55 bits per heavy atom. The largest absolute Gasteiger partial charge is 0.461 e. The van der Waals surface area contributed by atoms with E-state index in [2.05, 4.69) is 19.7 Å². The number of allylic oxidation sites excluding steroid dienone is 2. The van der Waals surface area contributed by atoms with Crippen molar-refractivity contribution in [2.45, 2.75) is 94.7 Å². The van der Waals surface area contributed by atoms with Crippen molar-refractivity contribution in [3.05, 3.63) is 36.5 Å². The summed E-state index contributed by atoms with van der Waals surface area (Å²) in [6.07, 6.45) is 2.26. The number of rotatable bonds is 0. The lowest BCUT2D eigenvalue weighted by Crippen LogP contribution is -2.64. The average Bonchev–Trinajstić information content (AvgIpc) is 3.46. The predicted molar refractivity (Wildman–Crippen MR) is 137 cm³/mol. The molecule has 7 heteroatoms. The molecule has 0 unspecified atom stereocenters. The van der Waals surface area contributed by atoms with Crippen LogP contribution in [0.5, 0.6) is 0 Å². The van der Waals surface area contributed by atoms with Crippen LogP contribution in [0, 0.1) is 46.3 Å². The number of carbonyl (C=O) groups is 2. The molecule has 1 spiro atoms. The molecule has 0 aromatic carbocycles. The fourth-order valence-corrected chi connectivity index (χ4v) is 10.8. The first-order chi connectivity index (χ1) is 17.8. The van der Waals surface area contributed by atoms with Gasteiger partial charge in [0.15, 0.2) is 0 Å². The van der Waals surface area contributed by atoms with Crippen molar-refractivity contribution in [3.8, 4) is 0 Å². The Hall–Kier alpha value is -1.96. The number of aliphatic hydroxyl groups excluding tert-OH is 1. The van der Waals surface area contributed by atoms with Crippen LogP contribution in [0.4, 0.5) is 0 Å². The van der Waals surface area contributed by atoms with Crippen LogP contribution >= 0.6 is 0 Å². The van der Waals surface area contributed by atoms with Gasteiger partial charge in [0, 0.05) is 34.7 Å². The average molecular weight is 525 g/mol. The van der Waals surface area contributed by atoms with Crippen LogP contribution in [0.2, 0.25) is 0 Å². The minimum Gasteiger partial charge on any atom is -0.461 e. The normalized spacial score (nSPS) is 54.6. The van der Waals surface area contributed by atoms with Gasteiger partial charge in [-0.1, -0.05) is 30.9 Å². The molecular weight excluding hydrogens is 484 g/mol. The van der Waals surface area contributed by atoms with Crippen molar-refractivity contribution in [1.29, 1.82) is 0 Å². The summed E-state index contributed by atoms with van der Waals surface area (Å²) in [5.74, 6) is -2.21. The molecular formula is C31H40O7. The Balaban J connectivity index is 1.38. The SMILES string of the molecule is C=C1C(=O)O[C@@H]2[C@@H]3[C@@H](C[C@H](O)[C@]34CC[C@]3(O)[C@@H]5[C@H]6OC(=O)C(C)(C)[C@@H]6CCC(=C)[C@@H]5C[C@]43O)C(=C)CC[C@@H]12. The highest BCUT2D eigenvalue weighted by Crippen LogP contribution is 2.75. The van der Waals surface area contributed by atoms with Crippen LogP contribution in [0.25, 0.3) is 0 Å². The van der Waals surface area contributed by atoms with Gasteiger partial charge in [0.05, 0.1) is 11.5 Å². The third-order valence-corrected chi connectivity index (χ3v) is 12.8. The lowest BCUT2D eigenvalue weighted by atomic mass is 9.59. The standard InChI is InChI=1S/C31H40O7/c1-14-6-8-17-16(3)26(33)37-24(17)22-18(14)12-21(32)29(22)10-11-30(35)23-19(13-31(29,30)36)15(2)7-9-20-25(23)38-27(34)28(20,4)5/h17-25,32,35-36H,1-3,6-13H2,4-5H3/t17-,18-,19-,20+,21-,22-,23-,24-,25-,29+,30-,31-/m0/s1. The maximum absolute atomic E-state index is 13.0. The predicted octanol–water partition coefficient (Wildman–Crippen LogP) is 3.23. The van der Waals surface area contributed by atoms with Crippen LogP contribution in [0.3, 0.4) is 0 Å². The van der Waals surface area contributed by atoms with E-state index in [1.165, 1.54) is 0 Å². The van der Waals surface area contributed by atoms with Crippen molar-refractivity contribution < 1.29 is 34.4 Å². The summed E-state index contributed by atoms with van der Waals surface area (Å²) >= 11 is 0. The molecule has 206 valence electrons. The zero-order chi connectivity index (χ0) is 27.2. The van der Waals surface area contributed by atoms with Gasteiger partial charge in [0.1, 0.15) is 23.4 Å². The van der Waals surface area contributed by atoms with E-state index in [1.807, 2.05) is 13.8 Å². The van der Waals surface area contributed by atoms with Gasteiger partial charge in [-0.2, -0.15) is 0 Å². The lowest BCUT2D eigenvalue weighted by molar-refractivity contribution is -0.223. The molecule has 3 N–H and O–H groups in total. The molecule has 5 saturated carbocycles. The molecule has 2 saturated heterocycles. The van der Waals surface area contributed by atoms with Crippen LogP contribution < -0.4 is 0 Å². The highest BCUT2D eigenvalue weighted by molar-refractivity contribution is 5.91. The minimum absolute atomic E-state index is 0.0907. The molecule has 7 rings (SSSR count). The van der Waals surface area contributed by atoms with E-state index in [4.69, 9.17) is 9.47 Å². The fraction of sp³-hybridized carbons (Fsp3) is 0.742. The molecule has 0 amide bonds. The van der Waals surface area contributed by atoms with Gasteiger partial charge in [-0.05, 0) is 77.0 Å². The van der Waals surface area contributed by atoms with E-state index in [0.717, 1.165) is 17.6 Å². The smallest absolute Gasteiger partial charge is 0.334 e. The lowest BCUT2D eigenvalue weighted by Gasteiger charge is -2.51. The van der Waals surface area contributed by atoms with Crippen molar-refractivity contribution in [3.63, 3.8) is 0 Å². The zero-order valence-electron chi connectivity index (χ0n) is 22.4. The molecule has 0 aromatic rings. The van der Waals surface area contributed by atoms with Gasteiger partial charge in [-0.3, -0.25) is 4.79 Å². The van der Waals surface area contributed by atoms with Gasteiger partial charge in [0.2, 0.25) is 0 Å². The fourth-order valence-electron chi connectivity index (χ4n) is 10.8. The Kier molecular flexibility index (Phi) is 4.88. The highest BCUT2D eigenvalue weighted by atomic mass is 16.6. The van der Waals surface area contributed by atoms with E-state index < -0.39 is 52.2 Å². The number of aliphatic hydroxyl groups is 3. The number of hydrogen-bond acceptors (Lipinski definition) is 7. The topological polar surface area (TPSA) is 113 Å². The summed E-state index contributed by atoms with van der Waals surface area (Å²) in [7, 11) is 0. The number of ether oxygens (including phenoxy) is 2. The maximum atomic E-state index is 13.0. The Labute approximate surface area is 224 Å². The summed E-state index contributed by atoms with van der Waals surface area (Å²) in [6.45, 7) is 16.6. The molecule has 12 atom stereocenters. The minimum atomic E-state index is -1.66. The first-order valence-corrected chi connectivity index (χ1v) is 14.4. The number of esters is 2. The third kappa shape index (κ3) is 2.58. The van der Waals surface area contributed by atoms with Crippen molar-refractivity contribution >= 4 is 11.9 Å². The Morgan fingerprint density at radius 3 is 2.29 bits per heavy atom. The van der Waals surface area contributed by atoms with Crippen LogP contribution in [-0.4, -0.2) is 56.8 Å². The number of fused-ring (bicyclic) bond motifs is 10. The molecule has 2 aliphatic heterocycles. The maximum Gasteiger partial charge on any atom is 0.334 e. The van der Waals surface area contributed by atoms with Gasteiger partial charge in [-0.15, -0.1) is 0 Å². The van der Waals surface area contributed by atoms with E-state index in [0.29, 0.717) is 37.7 Å². The zero-order valence-corrected chi connectivity index (χ0v) is 22.4. The number of carbonyl (C=O) groups excluding carboxylic acids is 2. The van der Waals surface area contributed by atoms with Crippen molar-refractivity contribution in [2.75, 3.05) is 0 Å². The quantitative estimate of drug-likeness (QED) is 0.253. The molecule has 7 nitrogen and oxygen atoms in total. The molecule has 38 heavy (non-hydrogen) atoms. The molecule has 0 bridgehead atoms. The van der Waals surface area contributed by atoms with Gasteiger partial charge in [-0.25, -0.2) is 4.79 Å².